The molecule has 0 saturated carbocycles. The van der Waals surface area contributed by atoms with Crippen LogP contribution in [0.15, 0.2) is 97.1 Å². The SMILES string of the molecule is COc1cccc(C(=O)Oc2ccc(C(=O)COC(=O)c3cccc(N4C(=O)c5ccccc5C4=O)c3)cc2)c1. The average molecular weight is 536 g/mol. The van der Waals surface area contributed by atoms with Crippen molar-refractivity contribution in [3.63, 3.8) is 0 Å². The molecular formula is C31H21NO8. The number of ketones is 1. The summed E-state index contributed by atoms with van der Waals surface area (Å²) >= 11 is 0. The van der Waals surface area contributed by atoms with Gasteiger partial charge < -0.3 is 14.2 Å². The van der Waals surface area contributed by atoms with Gasteiger partial charge in [0.15, 0.2) is 12.4 Å². The van der Waals surface area contributed by atoms with E-state index in [-0.39, 0.29) is 33.7 Å². The highest BCUT2D eigenvalue weighted by atomic mass is 16.5. The Kier molecular flexibility index (Phi) is 7.19. The second-order valence-corrected chi connectivity index (χ2v) is 8.69. The van der Waals surface area contributed by atoms with Gasteiger partial charge in [-0.1, -0.05) is 24.3 Å². The number of benzene rings is 4. The number of anilines is 1. The molecule has 0 unspecified atom stereocenters. The summed E-state index contributed by atoms with van der Waals surface area (Å²) in [5, 5.41) is 0. The minimum absolute atomic E-state index is 0.0710. The molecule has 4 aromatic carbocycles. The van der Waals surface area contributed by atoms with Gasteiger partial charge >= 0.3 is 11.9 Å². The molecule has 0 bridgehead atoms. The van der Waals surface area contributed by atoms with Gasteiger partial charge in [0.05, 0.1) is 35.1 Å². The molecule has 0 N–H and O–H groups in total. The van der Waals surface area contributed by atoms with E-state index in [0.29, 0.717) is 11.3 Å². The predicted molar refractivity (Wildman–Crippen MR) is 143 cm³/mol. The van der Waals surface area contributed by atoms with Gasteiger partial charge in [0.25, 0.3) is 11.8 Å². The van der Waals surface area contributed by atoms with E-state index in [4.69, 9.17) is 14.2 Å². The van der Waals surface area contributed by atoms with Crippen LogP contribution in [0.2, 0.25) is 0 Å². The Balaban J connectivity index is 1.19. The Labute approximate surface area is 228 Å². The normalized spacial score (nSPS) is 12.1. The Morgan fingerprint density at radius 1 is 0.650 bits per heavy atom. The third-order valence-electron chi connectivity index (χ3n) is 6.16. The largest absolute Gasteiger partial charge is 0.497 e. The first-order valence-corrected chi connectivity index (χ1v) is 12.1. The molecule has 198 valence electrons. The summed E-state index contributed by atoms with van der Waals surface area (Å²) < 4.78 is 15.6. The molecule has 0 aliphatic carbocycles. The summed E-state index contributed by atoms with van der Waals surface area (Å²) in [5.74, 6) is -2.09. The number of methoxy groups -OCH3 is 1. The molecule has 4 aromatic rings. The van der Waals surface area contributed by atoms with Gasteiger partial charge in [-0.15, -0.1) is 0 Å². The van der Waals surface area contributed by atoms with Crippen molar-refractivity contribution in [1.29, 1.82) is 0 Å². The summed E-state index contributed by atoms with van der Waals surface area (Å²) in [4.78, 5) is 64.1. The lowest BCUT2D eigenvalue weighted by molar-refractivity contribution is 0.0474. The number of amides is 2. The lowest BCUT2D eigenvalue weighted by Crippen LogP contribution is -2.29. The van der Waals surface area contributed by atoms with E-state index >= 15 is 0 Å². The lowest BCUT2D eigenvalue weighted by atomic mass is 10.1. The van der Waals surface area contributed by atoms with Crippen molar-refractivity contribution in [2.24, 2.45) is 0 Å². The third-order valence-corrected chi connectivity index (χ3v) is 6.16. The van der Waals surface area contributed by atoms with E-state index in [0.717, 1.165) is 4.90 Å². The molecule has 5 rings (SSSR count). The standard InChI is InChI=1S/C31H21NO8/c1-38-24-9-5-7-21(17-24)31(37)40-23-14-12-19(13-15-23)27(33)18-39-30(36)20-6-4-8-22(16-20)32-28(34)25-10-2-3-11-26(25)29(32)35/h2-17H,18H2,1H3. The van der Waals surface area contributed by atoms with Gasteiger partial charge in [0, 0.05) is 5.56 Å². The van der Waals surface area contributed by atoms with Crippen LogP contribution in [0.25, 0.3) is 0 Å². The van der Waals surface area contributed by atoms with Gasteiger partial charge in [0.2, 0.25) is 0 Å². The van der Waals surface area contributed by atoms with Crippen molar-refractivity contribution in [3.05, 3.63) is 125 Å². The fraction of sp³-hybridized carbons (Fsp3) is 0.0645. The van der Waals surface area contributed by atoms with Gasteiger partial charge in [-0.25, -0.2) is 14.5 Å². The number of hydrogen-bond acceptors (Lipinski definition) is 8. The monoisotopic (exact) mass is 535 g/mol. The van der Waals surface area contributed by atoms with Gasteiger partial charge in [-0.3, -0.25) is 14.4 Å². The van der Waals surface area contributed by atoms with Crippen LogP contribution in [0.1, 0.15) is 51.8 Å². The van der Waals surface area contributed by atoms with Crippen LogP contribution in [0, 0.1) is 0 Å². The molecule has 2 amide bonds. The van der Waals surface area contributed by atoms with Crippen molar-refractivity contribution >= 4 is 35.2 Å². The second kappa shape index (κ2) is 11.0. The molecule has 40 heavy (non-hydrogen) atoms. The van der Waals surface area contributed by atoms with Crippen LogP contribution < -0.4 is 14.4 Å². The highest BCUT2D eigenvalue weighted by molar-refractivity contribution is 6.34. The number of imide groups is 1. The van der Waals surface area contributed by atoms with Crippen LogP contribution in [0.5, 0.6) is 11.5 Å². The van der Waals surface area contributed by atoms with Crippen molar-refractivity contribution in [2.75, 3.05) is 18.6 Å². The molecule has 0 atom stereocenters. The fourth-order valence-electron chi connectivity index (χ4n) is 4.12. The molecule has 9 nitrogen and oxygen atoms in total. The number of carbonyl (C=O) groups is 5. The Hall–Kier alpha value is -5.57. The van der Waals surface area contributed by atoms with E-state index in [1.165, 1.54) is 55.6 Å². The number of carbonyl (C=O) groups excluding carboxylic acids is 5. The minimum atomic E-state index is -0.796. The molecule has 0 spiro atoms. The number of fused-ring (bicyclic) bond motifs is 1. The highest BCUT2D eigenvalue weighted by Gasteiger charge is 2.36. The first kappa shape index (κ1) is 26.1. The average Bonchev–Trinajstić information content (AvgIpc) is 3.25. The van der Waals surface area contributed by atoms with Crippen molar-refractivity contribution in [3.8, 4) is 11.5 Å². The number of Topliss-reactive ketones (excluding diaryl/α,β-unsaturated/α-hetero) is 1. The Bertz CT molecular complexity index is 1620. The van der Waals surface area contributed by atoms with Gasteiger partial charge in [0.1, 0.15) is 11.5 Å². The third kappa shape index (κ3) is 5.21. The summed E-state index contributed by atoms with van der Waals surface area (Å²) in [5.41, 5.74) is 1.40. The van der Waals surface area contributed by atoms with Crippen LogP contribution in [0.4, 0.5) is 5.69 Å². The van der Waals surface area contributed by atoms with Crippen LogP contribution in [-0.4, -0.2) is 43.3 Å². The topological polar surface area (TPSA) is 116 Å². The molecule has 1 aliphatic rings. The number of ether oxygens (including phenoxy) is 3. The minimum Gasteiger partial charge on any atom is -0.497 e. The Morgan fingerprint density at radius 3 is 1.93 bits per heavy atom. The van der Waals surface area contributed by atoms with Crippen LogP contribution in [0.3, 0.4) is 0 Å². The van der Waals surface area contributed by atoms with E-state index in [2.05, 4.69) is 0 Å². The molecule has 0 fully saturated rings. The van der Waals surface area contributed by atoms with E-state index in [9.17, 15) is 24.0 Å². The highest BCUT2D eigenvalue weighted by Crippen LogP contribution is 2.29. The van der Waals surface area contributed by atoms with Crippen molar-refractivity contribution < 1.29 is 38.2 Å². The van der Waals surface area contributed by atoms with Crippen LogP contribution in [-0.2, 0) is 4.74 Å². The molecular weight excluding hydrogens is 514 g/mol. The maximum absolute atomic E-state index is 12.8. The summed E-state index contributed by atoms with van der Waals surface area (Å²) in [6.45, 7) is -0.543. The Morgan fingerprint density at radius 2 is 1.27 bits per heavy atom. The molecule has 0 aromatic heterocycles. The number of rotatable bonds is 8. The van der Waals surface area contributed by atoms with E-state index < -0.39 is 36.1 Å². The molecule has 0 saturated heterocycles. The second-order valence-electron chi connectivity index (χ2n) is 8.69. The molecule has 1 heterocycles. The quantitative estimate of drug-likeness (QED) is 0.137. The first-order chi connectivity index (χ1) is 19.4. The summed E-state index contributed by atoms with van der Waals surface area (Å²) in [6.07, 6.45) is 0. The zero-order chi connectivity index (χ0) is 28.2. The number of nitrogens with zero attached hydrogens (tertiary/aromatic N) is 1. The summed E-state index contributed by atoms with van der Waals surface area (Å²) in [7, 11) is 1.49. The van der Waals surface area contributed by atoms with Crippen LogP contribution >= 0.6 is 0 Å². The van der Waals surface area contributed by atoms with Crippen molar-refractivity contribution in [2.45, 2.75) is 0 Å². The zero-order valence-corrected chi connectivity index (χ0v) is 21.2. The molecule has 0 radical (unpaired) electrons. The van der Waals surface area contributed by atoms with Gasteiger partial charge in [-0.05, 0) is 72.8 Å². The van der Waals surface area contributed by atoms with Crippen molar-refractivity contribution in [1.82, 2.24) is 0 Å². The molecule has 1 aliphatic heterocycles. The van der Waals surface area contributed by atoms with Gasteiger partial charge in [-0.2, -0.15) is 0 Å². The fourth-order valence-corrected chi connectivity index (χ4v) is 4.12. The van der Waals surface area contributed by atoms with E-state index in [1.54, 1.807) is 48.5 Å². The molecule has 9 heteroatoms. The number of esters is 2. The predicted octanol–water partition coefficient (Wildman–Crippen LogP) is 4.75. The van der Waals surface area contributed by atoms with E-state index in [1.807, 2.05) is 0 Å². The summed E-state index contributed by atoms with van der Waals surface area (Å²) in [6, 6.07) is 24.7. The smallest absolute Gasteiger partial charge is 0.343 e. The number of hydrogen-bond donors (Lipinski definition) is 0. The maximum atomic E-state index is 12.8. The zero-order valence-electron chi connectivity index (χ0n) is 21.2. The maximum Gasteiger partial charge on any atom is 0.343 e. The lowest BCUT2D eigenvalue weighted by Gasteiger charge is -2.14. The first-order valence-electron chi connectivity index (χ1n) is 12.1.